The molecule has 128 valence electrons. The number of ether oxygens (including phenoxy) is 2. The van der Waals surface area contributed by atoms with E-state index in [9.17, 15) is 10.0 Å². The van der Waals surface area contributed by atoms with E-state index < -0.39 is 0 Å². The smallest absolute Gasteiger partial charge is 0.264 e. The molecule has 0 spiro atoms. The Morgan fingerprint density at radius 1 is 1.39 bits per heavy atom. The molecule has 0 aromatic heterocycles. The molecule has 0 radical (unpaired) electrons. The third-order valence-electron chi connectivity index (χ3n) is 5.09. The maximum Gasteiger partial charge on any atom is 0.264 e. The largest absolute Gasteiger partial charge is 0.409 e. The van der Waals surface area contributed by atoms with E-state index in [-0.39, 0.29) is 17.6 Å². The van der Waals surface area contributed by atoms with E-state index in [0.717, 1.165) is 55.9 Å². The first kappa shape index (κ1) is 16.6. The lowest BCUT2D eigenvalue weighted by Gasteiger charge is -2.44. The van der Waals surface area contributed by atoms with E-state index >= 15 is 0 Å². The summed E-state index contributed by atoms with van der Waals surface area (Å²) in [5.41, 5.74) is 0.723. The van der Waals surface area contributed by atoms with Crippen molar-refractivity contribution in [2.75, 3.05) is 13.2 Å². The molecule has 1 aliphatic carbocycles. The number of aliphatic imine (C=N–C) groups is 1. The van der Waals surface area contributed by atoms with Gasteiger partial charge in [0.1, 0.15) is 0 Å². The lowest BCUT2D eigenvalue weighted by atomic mass is 9.70. The Morgan fingerprint density at radius 3 is 2.78 bits per heavy atom. The van der Waals surface area contributed by atoms with Crippen LogP contribution in [0.4, 0.5) is 0 Å². The van der Waals surface area contributed by atoms with Gasteiger partial charge in [-0.1, -0.05) is 19.3 Å². The molecular formula is C17H27N2O4+. The van der Waals surface area contributed by atoms with Gasteiger partial charge in [-0.2, -0.15) is 4.99 Å². The third-order valence-corrected chi connectivity index (χ3v) is 5.09. The molecule has 2 N–H and O–H groups in total. The standard InChI is InChI=1S/C17H26N2O4/c1-13(20)18-15-11-14(19(15)21)17(8-4-2-5-9-17)12-23-16-7-3-6-10-22-16/h11,16,21H,2-10,12H2,1H3/p+1. The first-order valence-corrected chi connectivity index (χ1v) is 8.69. The Morgan fingerprint density at radius 2 is 2.17 bits per heavy atom. The van der Waals surface area contributed by atoms with Crippen LogP contribution in [0.1, 0.15) is 58.3 Å². The van der Waals surface area contributed by atoms with Crippen molar-refractivity contribution < 1.29 is 19.5 Å². The van der Waals surface area contributed by atoms with Crippen molar-refractivity contribution in [3.05, 3.63) is 11.8 Å². The zero-order valence-corrected chi connectivity index (χ0v) is 13.8. The molecule has 2 heterocycles. The molecule has 6 nitrogen and oxygen atoms in total. The Hall–Kier alpha value is -1.24. The first-order valence-electron chi connectivity index (χ1n) is 8.69. The molecule has 2 aliphatic heterocycles. The Bertz CT molecular complexity index is 503. The quantitative estimate of drug-likeness (QED) is 0.807. The maximum atomic E-state index is 11.1. The van der Waals surface area contributed by atoms with Crippen LogP contribution >= 0.6 is 0 Å². The second-order valence-corrected chi connectivity index (χ2v) is 6.83. The third kappa shape index (κ3) is 3.65. The van der Waals surface area contributed by atoms with Gasteiger partial charge in [0.25, 0.3) is 6.29 Å². The summed E-state index contributed by atoms with van der Waals surface area (Å²) in [4.78, 5) is 14.9. The monoisotopic (exact) mass is 323 g/mol. The van der Waals surface area contributed by atoms with Gasteiger partial charge in [-0.3, -0.25) is 10.0 Å². The summed E-state index contributed by atoms with van der Waals surface area (Å²) in [6, 6.07) is 0. The zero-order chi connectivity index (χ0) is 16.3. The van der Waals surface area contributed by atoms with Gasteiger partial charge in [0.05, 0.1) is 17.7 Å². The lowest BCUT2D eigenvalue weighted by Crippen LogP contribution is -2.48. The van der Waals surface area contributed by atoms with E-state index in [1.165, 1.54) is 19.8 Å². The van der Waals surface area contributed by atoms with E-state index in [0.29, 0.717) is 12.4 Å². The number of hydrogen-bond donors (Lipinski definition) is 1. The summed E-state index contributed by atoms with van der Waals surface area (Å²) in [6.45, 7) is 2.86. The van der Waals surface area contributed by atoms with Crippen molar-refractivity contribution in [3.63, 3.8) is 0 Å². The number of aliphatic hydroxyl groups is 2. The van der Waals surface area contributed by atoms with E-state index in [4.69, 9.17) is 9.47 Å². The topological polar surface area (TPSA) is 74.9 Å². The summed E-state index contributed by atoms with van der Waals surface area (Å²) < 4.78 is 10.5. The van der Waals surface area contributed by atoms with Gasteiger partial charge in [-0.15, -0.1) is 0 Å². The van der Waals surface area contributed by atoms with Crippen LogP contribution in [-0.2, 0) is 9.53 Å². The average molecular weight is 323 g/mol. The van der Waals surface area contributed by atoms with Gasteiger partial charge < -0.3 is 9.47 Å². The summed E-state index contributed by atoms with van der Waals surface area (Å²) in [7, 11) is 0. The summed E-state index contributed by atoms with van der Waals surface area (Å²) >= 11 is 0. The van der Waals surface area contributed by atoms with Crippen LogP contribution in [0.25, 0.3) is 0 Å². The highest BCUT2D eigenvalue weighted by atomic mass is 16.7. The normalized spacial score (nSPS) is 29.1. The van der Waals surface area contributed by atoms with Crippen LogP contribution in [0.15, 0.2) is 16.8 Å². The molecule has 1 amide bonds. The number of carbonyl (C=O) groups excluding carboxylic acids is 1. The average Bonchev–Trinajstić information content (AvgIpc) is 2.58. The Kier molecular flexibility index (Phi) is 5.14. The predicted octanol–water partition coefficient (Wildman–Crippen LogP) is 2.53. The highest BCUT2D eigenvalue weighted by Gasteiger charge is 2.46. The number of carbonyl (C=O) groups is 1. The first-order chi connectivity index (χ1) is 11.1. The fourth-order valence-corrected chi connectivity index (χ4v) is 3.79. The van der Waals surface area contributed by atoms with Crippen LogP contribution in [0, 0.1) is 5.41 Å². The van der Waals surface area contributed by atoms with Crippen molar-refractivity contribution in [1.82, 2.24) is 5.06 Å². The molecule has 1 saturated heterocycles. The Balaban J connectivity index is 1.71. The molecule has 3 aliphatic rings. The van der Waals surface area contributed by atoms with Gasteiger partial charge in [-0.25, -0.2) is 5.06 Å². The maximum absolute atomic E-state index is 11.1. The van der Waals surface area contributed by atoms with Crippen molar-refractivity contribution >= 4 is 11.7 Å². The van der Waals surface area contributed by atoms with E-state index in [2.05, 4.69) is 4.99 Å². The summed E-state index contributed by atoms with van der Waals surface area (Å²) in [5.74, 6) is 0.0405. The molecule has 23 heavy (non-hydrogen) atoms. The Labute approximate surface area is 137 Å². The van der Waals surface area contributed by atoms with Crippen LogP contribution in [0.3, 0.4) is 0 Å². The van der Waals surface area contributed by atoms with Gasteiger partial charge >= 0.3 is 0 Å². The van der Waals surface area contributed by atoms with Crippen molar-refractivity contribution in [2.24, 2.45) is 10.4 Å². The van der Waals surface area contributed by atoms with Gasteiger partial charge in [-0.05, 0) is 25.7 Å². The summed E-state index contributed by atoms with van der Waals surface area (Å²) in [5, 5.41) is 11.4. The highest BCUT2D eigenvalue weighted by molar-refractivity contribution is 6.05. The lowest BCUT2D eigenvalue weighted by molar-refractivity contribution is -0.271. The number of amides is 1. The van der Waals surface area contributed by atoms with Crippen LogP contribution in [0.5, 0.6) is 0 Å². The molecule has 1 atom stereocenters. The number of nitrogens with zero attached hydrogens (tertiary/aromatic N) is 2. The number of hydroxylamine groups is 2. The van der Waals surface area contributed by atoms with Crippen LogP contribution < -0.4 is 0 Å². The number of amidine groups is 1. The van der Waals surface area contributed by atoms with Gasteiger partial charge in [0.2, 0.25) is 5.91 Å². The minimum absolute atomic E-state index is 0.000674. The number of hydrogen-bond acceptors (Lipinski definition) is 3. The molecule has 2 fully saturated rings. The van der Waals surface area contributed by atoms with Crippen LogP contribution in [-0.4, -0.2) is 46.3 Å². The van der Waals surface area contributed by atoms with Crippen molar-refractivity contribution in [2.45, 2.75) is 64.6 Å². The van der Waals surface area contributed by atoms with Crippen molar-refractivity contribution in [1.29, 1.82) is 0 Å². The van der Waals surface area contributed by atoms with Gasteiger partial charge in [0.15, 0.2) is 12.4 Å². The fourth-order valence-electron chi connectivity index (χ4n) is 3.79. The van der Waals surface area contributed by atoms with E-state index in [1.807, 2.05) is 6.08 Å². The molecule has 0 bridgehead atoms. The minimum Gasteiger partial charge on any atom is -0.409 e. The van der Waals surface area contributed by atoms with Gasteiger partial charge in [0, 0.05) is 19.4 Å². The van der Waals surface area contributed by atoms with E-state index in [1.54, 1.807) is 0 Å². The van der Waals surface area contributed by atoms with Crippen molar-refractivity contribution in [3.8, 4) is 0 Å². The molecule has 0 aromatic rings. The summed E-state index contributed by atoms with van der Waals surface area (Å²) in [6.07, 6.45) is 10.7. The molecule has 6 heteroatoms. The second kappa shape index (κ2) is 7.11. The molecule has 3 rings (SSSR count). The minimum atomic E-state index is -0.299. The zero-order valence-electron chi connectivity index (χ0n) is 13.8. The highest BCUT2D eigenvalue weighted by Crippen LogP contribution is 2.46. The molecule has 0 aromatic carbocycles. The fraction of sp³-hybridized carbons (Fsp3) is 0.765. The molecular weight excluding hydrogens is 296 g/mol. The molecule has 1 saturated carbocycles. The number of rotatable bonds is 4. The SMILES string of the molecule is CC(=O)N=C1C=C(C2(C[OH+]C3CCCCO3)CCCCC2)N1O. The molecule has 1 unspecified atom stereocenters. The second-order valence-electron chi connectivity index (χ2n) is 6.83. The predicted molar refractivity (Wildman–Crippen MR) is 86.0 cm³/mol. The van der Waals surface area contributed by atoms with Crippen LogP contribution in [0.2, 0.25) is 0 Å².